The van der Waals surface area contributed by atoms with Gasteiger partial charge in [0.25, 0.3) is 5.56 Å². The highest BCUT2D eigenvalue weighted by molar-refractivity contribution is 5.80. The molecule has 0 radical (unpaired) electrons. The Labute approximate surface area is 109 Å². The van der Waals surface area contributed by atoms with Crippen LogP contribution in [-0.2, 0) is 0 Å². The zero-order chi connectivity index (χ0) is 13.4. The maximum Gasteiger partial charge on any atom is 0.333 e. The average molecular weight is 252 g/mol. The molecule has 19 heavy (non-hydrogen) atoms. The monoisotopic (exact) mass is 252 g/mol. The Kier molecular flexibility index (Phi) is 2.56. The van der Waals surface area contributed by atoms with Crippen molar-refractivity contribution in [3.05, 3.63) is 74.9 Å². The lowest BCUT2D eigenvalue weighted by atomic mass is 10.1. The van der Waals surface area contributed by atoms with Crippen LogP contribution in [0.1, 0.15) is 5.56 Å². The van der Waals surface area contributed by atoms with Gasteiger partial charge >= 0.3 is 5.69 Å². The first-order valence-corrected chi connectivity index (χ1v) is 5.98. The Balaban J connectivity index is 2.47. The van der Waals surface area contributed by atoms with E-state index in [2.05, 4.69) is 4.98 Å². The van der Waals surface area contributed by atoms with Gasteiger partial charge in [-0.15, -0.1) is 0 Å². The molecule has 1 aromatic heterocycles. The van der Waals surface area contributed by atoms with Crippen molar-refractivity contribution in [2.45, 2.75) is 6.92 Å². The van der Waals surface area contributed by atoms with Crippen LogP contribution in [0.15, 0.2) is 58.1 Å². The molecule has 0 spiro atoms. The van der Waals surface area contributed by atoms with Crippen LogP contribution in [0.3, 0.4) is 0 Å². The molecular weight excluding hydrogens is 240 g/mol. The predicted molar refractivity (Wildman–Crippen MR) is 74.9 cm³/mol. The van der Waals surface area contributed by atoms with Crippen molar-refractivity contribution < 1.29 is 0 Å². The Morgan fingerprint density at radius 3 is 2.42 bits per heavy atom. The zero-order valence-electron chi connectivity index (χ0n) is 10.4. The van der Waals surface area contributed by atoms with Gasteiger partial charge in [-0.1, -0.05) is 30.3 Å². The van der Waals surface area contributed by atoms with Crippen LogP contribution in [0.25, 0.3) is 16.6 Å². The molecule has 4 heteroatoms. The Bertz CT molecular complexity index is 861. The molecule has 0 saturated carbocycles. The van der Waals surface area contributed by atoms with Gasteiger partial charge in [0.15, 0.2) is 0 Å². The second kappa shape index (κ2) is 4.24. The van der Waals surface area contributed by atoms with E-state index in [0.717, 1.165) is 10.1 Å². The molecule has 3 aromatic rings. The molecule has 4 nitrogen and oxygen atoms in total. The number of rotatable bonds is 1. The summed E-state index contributed by atoms with van der Waals surface area (Å²) in [5, 5.41) is 0.517. The lowest BCUT2D eigenvalue weighted by Gasteiger charge is -2.07. The summed E-state index contributed by atoms with van der Waals surface area (Å²) < 4.78 is 1.15. The highest BCUT2D eigenvalue weighted by atomic mass is 16.2. The fourth-order valence-electron chi connectivity index (χ4n) is 2.20. The third-order valence-corrected chi connectivity index (χ3v) is 3.16. The molecule has 94 valence electrons. The second-order valence-corrected chi connectivity index (χ2v) is 4.40. The van der Waals surface area contributed by atoms with Crippen molar-refractivity contribution in [3.63, 3.8) is 0 Å². The van der Waals surface area contributed by atoms with Gasteiger partial charge in [0.1, 0.15) is 0 Å². The Hall–Kier alpha value is -2.62. The van der Waals surface area contributed by atoms with Gasteiger partial charge in [0.2, 0.25) is 0 Å². The number of hydrogen-bond acceptors (Lipinski definition) is 2. The molecule has 0 saturated heterocycles. The van der Waals surface area contributed by atoms with Gasteiger partial charge in [-0.05, 0) is 30.7 Å². The maximum atomic E-state index is 12.4. The lowest BCUT2D eigenvalue weighted by molar-refractivity contribution is 0.900. The number of fused-ring (bicyclic) bond motifs is 1. The third kappa shape index (κ3) is 1.78. The van der Waals surface area contributed by atoms with Gasteiger partial charge < -0.3 is 4.98 Å². The largest absolute Gasteiger partial charge is 0.333 e. The number of aromatic amines is 1. The quantitative estimate of drug-likeness (QED) is 0.720. The number of para-hydroxylation sites is 2. The van der Waals surface area contributed by atoms with Crippen LogP contribution in [0, 0.1) is 6.92 Å². The number of benzene rings is 2. The fraction of sp³-hybridized carbons (Fsp3) is 0.0667. The normalized spacial score (nSPS) is 10.8. The van der Waals surface area contributed by atoms with E-state index < -0.39 is 5.69 Å². The minimum absolute atomic E-state index is 0.298. The number of aromatic nitrogens is 2. The standard InChI is InChI=1S/C15H12N2O2/c1-10-6-5-9-12-13(10)16-15(19)17(14(12)18)11-7-3-2-4-8-11/h2-9H,1H3,(H,16,19). The van der Waals surface area contributed by atoms with E-state index in [-0.39, 0.29) is 5.56 Å². The van der Waals surface area contributed by atoms with Crippen molar-refractivity contribution in [2.24, 2.45) is 0 Å². The smallest absolute Gasteiger partial charge is 0.306 e. The van der Waals surface area contributed by atoms with Gasteiger partial charge in [-0.2, -0.15) is 0 Å². The molecular formula is C15H12N2O2. The first kappa shape index (κ1) is 11.5. The number of H-pyrrole nitrogens is 1. The Morgan fingerprint density at radius 1 is 0.947 bits per heavy atom. The molecule has 0 bridgehead atoms. The predicted octanol–water partition coefficient (Wildman–Crippen LogP) is 1.99. The third-order valence-electron chi connectivity index (χ3n) is 3.16. The summed E-state index contributed by atoms with van der Waals surface area (Å²) >= 11 is 0. The highest BCUT2D eigenvalue weighted by Gasteiger charge is 2.09. The molecule has 3 rings (SSSR count). The van der Waals surface area contributed by atoms with Crippen LogP contribution in [0.2, 0.25) is 0 Å². The van der Waals surface area contributed by atoms with Crippen LogP contribution in [-0.4, -0.2) is 9.55 Å². The van der Waals surface area contributed by atoms with Crippen LogP contribution in [0.4, 0.5) is 0 Å². The molecule has 0 atom stereocenters. The van der Waals surface area contributed by atoms with Crippen LogP contribution >= 0.6 is 0 Å². The molecule has 0 aliphatic carbocycles. The number of nitrogens with one attached hydrogen (secondary N) is 1. The van der Waals surface area contributed by atoms with Crippen molar-refractivity contribution in [2.75, 3.05) is 0 Å². The van der Waals surface area contributed by atoms with E-state index in [4.69, 9.17) is 0 Å². The van der Waals surface area contributed by atoms with Crippen molar-refractivity contribution >= 4 is 10.9 Å². The van der Waals surface area contributed by atoms with E-state index in [9.17, 15) is 9.59 Å². The number of nitrogens with zero attached hydrogens (tertiary/aromatic N) is 1. The van der Waals surface area contributed by atoms with Gasteiger partial charge in [-0.3, -0.25) is 4.79 Å². The van der Waals surface area contributed by atoms with E-state index in [1.165, 1.54) is 0 Å². The van der Waals surface area contributed by atoms with E-state index in [1.54, 1.807) is 30.3 Å². The number of hydrogen-bond donors (Lipinski definition) is 1. The topological polar surface area (TPSA) is 54.9 Å². The SMILES string of the molecule is Cc1cccc2c(=O)n(-c3ccccc3)c(=O)[nH]c12. The molecule has 1 heterocycles. The zero-order valence-corrected chi connectivity index (χ0v) is 10.4. The summed E-state index contributed by atoms with van der Waals surface area (Å²) in [4.78, 5) is 27.3. The van der Waals surface area contributed by atoms with Crippen molar-refractivity contribution in [1.29, 1.82) is 0 Å². The van der Waals surface area contributed by atoms with E-state index >= 15 is 0 Å². The molecule has 0 aliphatic rings. The molecule has 0 amide bonds. The van der Waals surface area contributed by atoms with Crippen LogP contribution in [0.5, 0.6) is 0 Å². The van der Waals surface area contributed by atoms with Crippen molar-refractivity contribution in [1.82, 2.24) is 9.55 Å². The highest BCUT2D eigenvalue weighted by Crippen LogP contribution is 2.11. The molecule has 0 unspecified atom stereocenters. The fourth-order valence-corrected chi connectivity index (χ4v) is 2.20. The maximum absolute atomic E-state index is 12.4. The summed E-state index contributed by atoms with van der Waals surface area (Å²) in [6.07, 6.45) is 0. The first-order chi connectivity index (χ1) is 9.18. The first-order valence-electron chi connectivity index (χ1n) is 5.98. The second-order valence-electron chi connectivity index (χ2n) is 4.40. The summed E-state index contributed by atoms with van der Waals surface area (Å²) in [6.45, 7) is 1.87. The Morgan fingerprint density at radius 2 is 1.68 bits per heavy atom. The van der Waals surface area contributed by atoms with Gasteiger partial charge in [-0.25, -0.2) is 9.36 Å². The summed E-state index contributed by atoms with van der Waals surface area (Å²) in [5.41, 5.74) is 1.33. The lowest BCUT2D eigenvalue weighted by Crippen LogP contribution is -2.33. The van der Waals surface area contributed by atoms with Gasteiger partial charge in [0.05, 0.1) is 16.6 Å². The summed E-state index contributed by atoms with van der Waals surface area (Å²) in [6, 6.07) is 14.3. The molecule has 0 fully saturated rings. The van der Waals surface area contributed by atoms with Gasteiger partial charge in [0, 0.05) is 0 Å². The van der Waals surface area contributed by atoms with Crippen molar-refractivity contribution in [3.8, 4) is 5.69 Å². The van der Waals surface area contributed by atoms with E-state index in [0.29, 0.717) is 16.6 Å². The minimum Gasteiger partial charge on any atom is -0.306 e. The molecule has 1 N–H and O–H groups in total. The van der Waals surface area contributed by atoms with E-state index in [1.807, 2.05) is 25.1 Å². The molecule has 0 aliphatic heterocycles. The molecule has 2 aromatic carbocycles. The van der Waals surface area contributed by atoms with Crippen LogP contribution < -0.4 is 11.2 Å². The minimum atomic E-state index is -0.419. The summed E-state index contributed by atoms with van der Waals surface area (Å²) in [7, 11) is 0. The summed E-state index contributed by atoms with van der Waals surface area (Å²) in [5.74, 6) is 0. The number of aryl methyl sites for hydroxylation is 1. The average Bonchev–Trinajstić information content (AvgIpc) is 2.41.